The van der Waals surface area contributed by atoms with Crippen molar-refractivity contribution < 1.29 is 14.2 Å². The maximum absolute atomic E-state index is 10.6. The molecular formula is C13H14N4O4. The number of aromatic nitrogens is 2. The topological polar surface area (TPSA) is 103 Å². The minimum atomic E-state index is -0.446. The number of nitrogens with zero attached hydrogens (tertiary/aromatic N) is 3. The molecule has 0 spiro atoms. The molecule has 8 nitrogen and oxygen atoms in total. The number of non-ortho nitro benzene ring substituents is 1. The summed E-state index contributed by atoms with van der Waals surface area (Å²) in [5, 5.41) is 17.8. The molecule has 8 heteroatoms. The number of ether oxygens (including phenoxy) is 1. The lowest BCUT2D eigenvalue weighted by atomic mass is 10.2. The summed E-state index contributed by atoms with van der Waals surface area (Å²) < 4.78 is 10.5. The molecule has 0 radical (unpaired) electrons. The maximum Gasteiger partial charge on any atom is 0.269 e. The molecule has 0 bridgehead atoms. The average Bonchev–Trinajstić information content (AvgIpc) is 3.16. The van der Waals surface area contributed by atoms with Gasteiger partial charge in [-0.2, -0.15) is 4.98 Å². The van der Waals surface area contributed by atoms with Crippen molar-refractivity contribution in [2.45, 2.75) is 18.6 Å². The van der Waals surface area contributed by atoms with Crippen LogP contribution in [0.5, 0.6) is 0 Å². The van der Waals surface area contributed by atoms with E-state index >= 15 is 0 Å². The normalized spacial score (nSPS) is 21.6. The van der Waals surface area contributed by atoms with E-state index in [2.05, 4.69) is 15.5 Å². The van der Waals surface area contributed by atoms with Crippen LogP contribution in [0.4, 0.5) is 5.69 Å². The molecule has 0 saturated carbocycles. The number of benzene rings is 1. The quantitative estimate of drug-likeness (QED) is 0.675. The Morgan fingerprint density at radius 3 is 2.81 bits per heavy atom. The first-order chi connectivity index (χ1) is 10.2. The number of hydrogen-bond donors (Lipinski definition) is 1. The number of nitro benzene ring substituents is 1. The summed E-state index contributed by atoms with van der Waals surface area (Å²) in [4.78, 5) is 14.5. The third-order valence-electron chi connectivity index (χ3n) is 3.50. The van der Waals surface area contributed by atoms with Crippen LogP contribution in [0.3, 0.4) is 0 Å². The van der Waals surface area contributed by atoms with Crippen LogP contribution in [0.15, 0.2) is 28.8 Å². The lowest BCUT2D eigenvalue weighted by Gasteiger charge is -2.04. The molecule has 2 unspecified atom stereocenters. The Bertz CT molecular complexity index is 640. The zero-order valence-corrected chi connectivity index (χ0v) is 11.4. The molecule has 1 aliphatic rings. The van der Waals surface area contributed by atoms with E-state index in [1.165, 1.54) is 12.1 Å². The van der Waals surface area contributed by atoms with Crippen molar-refractivity contribution in [2.24, 2.45) is 0 Å². The number of nitrogens with one attached hydrogen (secondary N) is 1. The van der Waals surface area contributed by atoms with Gasteiger partial charge in [0.15, 0.2) is 0 Å². The SMILES string of the molecule is COC1CNC(c2nc(-c3ccc([N+](=O)[O-])cc3)no2)C1. The van der Waals surface area contributed by atoms with Gasteiger partial charge in [0.1, 0.15) is 0 Å². The molecule has 2 heterocycles. The number of methoxy groups -OCH3 is 1. The van der Waals surface area contributed by atoms with Gasteiger partial charge in [-0.15, -0.1) is 0 Å². The largest absolute Gasteiger partial charge is 0.380 e. The van der Waals surface area contributed by atoms with Crippen molar-refractivity contribution in [3.8, 4) is 11.4 Å². The van der Waals surface area contributed by atoms with Crippen molar-refractivity contribution in [3.63, 3.8) is 0 Å². The fourth-order valence-electron chi connectivity index (χ4n) is 2.30. The van der Waals surface area contributed by atoms with Crippen LogP contribution in [0.2, 0.25) is 0 Å². The number of hydrogen-bond acceptors (Lipinski definition) is 7. The Kier molecular flexibility index (Phi) is 3.63. The summed E-state index contributed by atoms with van der Waals surface area (Å²) >= 11 is 0. The monoisotopic (exact) mass is 290 g/mol. The van der Waals surface area contributed by atoms with E-state index in [9.17, 15) is 10.1 Å². The van der Waals surface area contributed by atoms with Crippen LogP contribution in [-0.2, 0) is 4.74 Å². The molecule has 0 amide bonds. The highest BCUT2D eigenvalue weighted by atomic mass is 16.6. The number of rotatable bonds is 4. The van der Waals surface area contributed by atoms with E-state index < -0.39 is 4.92 Å². The van der Waals surface area contributed by atoms with Crippen LogP contribution in [0, 0.1) is 10.1 Å². The fourth-order valence-corrected chi connectivity index (χ4v) is 2.30. The average molecular weight is 290 g/mol. The highest BCUT2D eigenvalue weighted by Gasteiger charge is 2.29. The van der Waals surface area contributed by atoms with Gasteiger partial charge in [-0.05, 0) is 18.6 Å². The summed E-state index contributed by atoms with van der Waals surface area (Å²) in [5.41, 5.74) is 0.708. The van der Waals surface area contributed by atoms with E-state index in [0.29, 0.717) is 17.3 Å². The molecule has 3 rings (SSSR count). The molecule has 0 aliphatic carbocycles. The van der Waals surface area contributed by atoms with Gasteiger partial charge in [0.05, 0.1) is 17.1 Å². The minimum Gasteiger partial charge on any atom is -0.380 e. The van der Waals surface area contributed by atoms with Crippen molar-refractivity contribution in [2.75, 3.05) is 13.7 Å². The summed E-state index contributed by atoms with van der Waals surface area (Å²) in [6.07, 6.45) is 0.919. The van der Waals surface area contributed by atoms with Crippen molar-refractivity contribution in [1.82, 2.24) is 15.5 Å². The Morgan fingerprint density at radius 1 is 1.43 bits per heavy atom. The minimum absolute atomic E-state index is 0.0192. The lowest BCUT2D eigenvalue weighted by molar-refractivity contribution is -0.384. The zero-order chi connectivity index (χ0) is 14.8. The van der Waals surface area contributed by atoms with Crippen LogP contribution >= 0.6 is 0 Å². The van der Waals surface area contributed by atoms with Crippen molar-refractivity contribution in [1.29, 1.82) is 0 Å². The predicted molar refractivity (Wildman–Crippen MR) is 72.5 cm³/mol. The highest BCUT2D eigenvalue weighted by molar-refractivity contribution is 5.56. The van der Waals surface area contributed by atoms with Gasteiger partial charge in [0.2, 0.25) is 11.7 Å². The van der Waals surface area contributed by atoms with Crippen LogP contribution in [0.25, 0.3) is 11.4 Å². The van der Waals surface area contributed by atoms with E-state index in [4.69, 9.17) is 9.26 Å². The highest BCUT2D eigenvalue weighted by Crippen LogP contribution is 2.26. The smallest absolute Gasteiger partial charge is 0.269 e. The first-order valence-corrected chi connectivity index (χ1v) is 6.52. The predicted octanol–water partition coefficient (Wildman–Crippen LogP) is 1.69. The zero-order valence-electron chi connectivity index (χ0n) is 11.4. The third kappa shape index (κ3) is 2.76. The first-order valence-electron chi connectivity index (χ1n) is 6.52. The van der Waals surface area contributed by atoms with Crippen molar-refractivity contribution >= 4 is 5.69 Å². The van der Waals surface area contributed by atoms with Crippen LogP contribution < -0.4 is 5.32 Å². The molecule has 2 atom stereocenters. The molecule has 1 aromatic heterocycles. The molecule has 1 fully saturated rings. The lowest BCUT2D eigenvalue weighted by Crippen LogP contribution is -2.16. The van der Waals surface area contributed by atoms with Gasteiger partial charge in [-0.1, -0.05) is 5.16 Å². The van der Waals surface area contributed by atoms with Gasteiger partial charge >= 0.3 is 0 Å². The fraction of sp³-hybridized carbons (Fsp3) is 0.385. The van der Waals surface area contributed by atoms with Gasteiger partial charge in [-0.3, -0.25) is 10.1 Å². The first kappa shape index (κ1) is 13.7. The number of nitro groups is 1. The molecule has 1 N–H and O–H groups in total. The second-order valence-electron chi connectivity index (χ2n) is 4.81. The Balaban J connectivity index is 1.77. The van der Waals surface area contributed by atoms with Gasteiger partial charge in [-0.25, -0.2) is 0 Å². The maximum atomic E-state index is 10.6. The molecule has 1 saturated heterocycles. The van der Waals surface area contributed by atoms with E-state index in [1.807, 2.05) is 0 Å². The van der Waals surface area contributed by atoms with Crippen LogP contribution in [0.1, 0.15) is 18.4 Å². The molecule has 1 aliphatic heterocycles. The van der Waals surface area contributed by atoms with Gasteiger partial charge in [0, 0.05) is 31.4 Å². The standard InChI is InChI=1S/C13H14N4O4/c1-20-10-6-11(14-7-10)13-15-12(16-21-13)8-2-4-9(5-3-8)17(18)19/h2-5,10-11,14H,6-7H2,1H3. The van der Waals surface area contributed by atoms with E-state index in [1.54, 1.807) is 19.2 Å². The van der Waals surface area contributed by atoms with Crippen molar-refractivity contribution in [3.05, 3.63) is 40.3 Å². The second kappa shape index (κ2) is 5.58. The van der Waals surface area contributed by atoms with Gasteiger partial charge < -0.3 is 14.6 Å². The molecule has 1 aromatic carbocycles. The third-order valence-corrected chi connectivity index (χ3v) is 3.50. The molecule has 2 aromatic rings. The molecule has 110 valence electrons. The Labute approximate surface area is 120 Å². The van der Waals surface area contributed by atoms with Gasteiger partial charge in [0.25, 0.3) is 5.69 Å². The Hall–Kier alpha value is -2.32. The summed E-state index contributed by atoms with van der Waals surface area (Å²) in [6, 6.07) is 6.02. The Morgan fingerprint density at radius 2 is 2.19 bits per heavy atom. The van der Waals surface area contributed by atoms with E-state index in [0.717, 1.165) is 13.0 Å². The molecular weight excluding hydrogens is 276 g/mol. The summed E-state index contributed by atoms with van der Waals surface area (Å²) in [5.74, 6) is 0.922. The summed E-state index contributed by atoms with van der Waals surface area (Å²) in [6.45, 7) is 0.746. The van der Waals surface area contributed by atoms with E-state index in [-0.39, 0.29) is 17.8 Å². The second-order valence-corrected chi connectivity index (χ2v) is 4.81. The molecule has 21 heavy (non-hydrogen) atoms. The van der Waals surface area contributed by atoms with Crippen LogP contribution in [-0.4, -0.2) is 34.8 Å². The summed E-state index contributed by atoms with van der Waals surface area (Å²) in [7, 11) is 1.67.